The Hall–Kier alpha value is -3.01. The highest BCUT2D eigenvalue weighted by molar-refractivity contribution is 5.95. The van der Waals surface area contributed by atoms with Crippen molar-refractivity contribution in [2.75, 3.05) is 19.8 Å². The van der Waals surface area contributed by atoms with Gasteiger partial charge in [0.15, 0.2) is 12.4 Å². The van der Waals surface area contributed by atoms with Gasteiger partial charge in [0.1, 0.15) is 29.7 Å². The van der Waals surface area contributed by atoms with E-state index in [0.717, 1.165) is 6.20 Å². The topological polar surface area (TPSA) is 86.8 Å². The third kappa shape index (κ3) is 4.68. The molecule has 1 fully saturated rings. The summed E-state index contributed by atoms with van der Waals surface area (Å²) < 4.78 is 61.3. The fourth-order valence-electron chi connectivity index (χ4n) is 3.72. The Morgan fingerprint density at radius 3 is 2.81 bits per heavy atom. The molecule has 1 aliphatic carbocycles. The number of aromatic nitrogens is 1. The van der Waals surface area contributed by atoms with E-state index in [0.29, 0.717) is 30.0 Å². The average Bonchev–Trinajstić information content (AvgIpc) is 3.42. The van der Waals surface area contributed by atoms with Crippen LogP contribution in [0.1, 0.15) is 28.0 Å². The number of hydrogen-bond donors (Lipinski definition) is 1. The molecule has 0 spiro atoms. The molecule has 1 aromatic carbocycles. The Kier molecular flexibility index (Phi) is 5.42. The van der Waals surface area contributed by atoms with Crippen LogP contribution in [0.25, 0.3) is 0 Å². The second-order valence-electron chi connectivity index (χ2n) is 7.64. The number of fused-ring (bicyclic) bond motifs is 1. The van der Waals surface area contributed by atoms with Gasteiger partial charge in [0.05, 0.1) is 18.3 Å². The van der Waals surface area contributed by atoms with Crippen LogP contribution in [0.15, 0.2) is 41.5 Å². The molecule has 10 heteroatoms. The van der Waals surface area contributed by atoms with Crippen LogP contribution in [0.3, 0.4) is 0 Å². The summed E-state index contributed by atoms with van der Waals surface area (Å²) in [5, 5.41) is 0. The minimum Gasteiger partial charge on any atom is -0.483 e. The summed E-state index contributed by atoms with van der Waals surface area (Å²) in [6, 6.07) is 6.95. The zero-order valence-corrected chi connectivity index (χ0v) is 16.3. The molecule has 164 valence electrons. The monoisotopic (exact) mass is 437 g/mol. The number of pyridine rings is 1. The number of hydrogen-bond acceptors (Lipinski definition) is 6. The number of nitrogens with zero attached hydrogens (tertiary/aromatic N) is 2. The Labute approximate surface area is 175 Å². The zero-order chi connectivity index (χ0) is 22.2. The fraction of sp³-hybridized carbons (Fsp3) is 0.381. The molecule has 0 unspecified atom stereocenters. The third-order valence-corrected chi connectivity index (χ3v) is 5.27. The number of amidine groups is 1. The van der Waals surface area contributed by atoms with Crippen LogP contribution >= 0.6 is 0 Å². The molecule has 1 aromatic heterocycles. The number of Topliss-reactive ketones (excluding diaryl/α,β-unsaturated/α-hetero) is 1. The molecule has 1 aliphatic heterocycles. The Balaban J connectivity index is 1.48. The average molecular weight is 437 g/mol. The second-order valence-corrected chi connectivity index (χ2v) is 7.64. The lowest BCUT2D eigenvalue weighted by Gasteiger charge is -2.15. The summed E-state index contributed by atoms with van der Waals surface area (Å²) >= 11 is 0. The molecule has 0 saturated heterocycles. The van der Waals surface area contributed by atoms with Crippen molar-refractivity contribution in [1.82, 2.24) is 4.98 Å². The van der Waals surface area contributed by atoms with Crippen molar-refractivity contribution in [2.45, 2.75) is 24.6 Å². The van der Waals surface area contributed by atoms with Gasteiger partial charge in [-0.25, -0.2) is 9.37 Å². The molecule has 2 N–H and O–H groups in total. The summed E-state index contributed by atoms with van der Waals surface area (Å²) in [6.07, 6.45) is -2.85. The molecule has 0 amide bonds. The van der Waals surface area contributed by atoms with E-state index in [2.05, 4.69) is 14.7 Å². The van der Waals surface area contributed by atoms with Crippen molar-refractivity contribution < 1.29 is 31.8 Å². The first kappa shape index (κ1) is 21.2. The van der Waals surface area contributed by atoms with Gasteiger partial charge < -0.3 is 15.2 Å². The Morgan fingerprint density at radius 1 is 1.29 bits per heavy atom. The number of ether oxygens (including phenoxy) is 2. The van der Waals surface area contributed by atoms with E-state index in [4.69, 9.17) is 10.5 Å². The summed E-state index contributed by atoms with van der Waals surface area (Å²) in [7, 11) is 0. The molecule has 4 rings (SSSR count). The van der Waals surface area contributed by atoms with Crippen molar-refractivity contribution in [2.24, 2.45) is 16.6 Å². The van der Waals surface area contributed by atoms with Crippen LogP contribution in [0.5, 0.6) is 5.75 Å². The molecular weight excluding hydrogens is 418 g/mol. The fourth-order valence-corrected chi connectivity index (χ4v) is 3.72. The smallest absolute Gasteiger partial charge is 0.422 e. The van der Waals surface area contributed by atoms with E-state index in [1.54, 1.807) is 6.07 Å². The van der Waals surface area contributed by atoms with Crippen LogP contribution in [0.4, 0.5) is 17.6 Å². The second kappa shape index (κ2) is 7.92. The van der Waals surface area contributed by atoms with Gasteiger partial charge in [-0.05, 0) is 36.2 Å². The van der Waals surface area contributed by atoms with Gasteiger partial charge in [-0.1, -0.05) is 6.07 Å². The lowest BCUT2D eigenvalue weighted by atomic mass is 9.97. The molecule has 6 nitrogen and oxygen atoms in total. The van der Waals surface area contributed by atoms with Gasteiger partial charge in [0.2, 0.25) is 0 Å². The zero-order valence-electron chi connectivity index (χ0n) is 16.3. The van der Waals surface area contributed by atoms with Crippen LogP contribution in [-0.2, 0) is 16.7 Å². The molecule has 2 heterocycles. The molecule has 2 atom stereocenters. The quantitative estimate of drug-likeness (QED) is 0.554. The number of carbonyl (C=O) groups is 1. The summed E-state index contributed by atoms with van der Waals surface area (Å²) in [5.41, 5.74) is 6.09. The van der Waals surface area contributed by atoms with Crippen molar-refractivity contribution >= 4 is 11.6 Å². The van der Waals surface area contributed by atoms with Crippen molar-refractivity contribution in [1.29, 1.82) is 0 Å². The predicted octanol–water partition coefficient (Wildman–Crippen LogP) is 3.19. The van der Waals surface area contributed by atoms with E-state index >= 15 is 0 Å². The van der Waals surface area contributed by atoms with Crippen LogP contribution in [-0.4, -0.2) is 42.6 Å². The molecule has 1 saturated carbocycles. The largest absolute Gasteiger partial charge is 0.483 e. The maximum Gasteiger partial charge on any atom is 0.422 e. The number of aliphatic imine (C=N–C) groups is 1. The SMILES string of the molecule is NC1=N[C@@]2(c3cc(CC(=O)c4ccc(OCC(F)(F)F)cn4)ccc3F)C[C@H]2COC1. The van der Waals surface area contributed by atoms with E-state index < -0.39 is 24.1 Å². The number of nitrogens with two attached hydrogens (primary N) is 1. The van der Waals surface area contributed by atoms with Crippen molar-refractivity contribution in [3.63, 3.8) is 0 Å². The highest BCUT2D eigenvalue weighted by Gasteiger charge is 2.58. The van der Waals surface area contributed by atoms with Crippen molar-refractivity contribution in [3.05, 3.63) is 59.2 Å². The first-order chi connectivity index (χ1) is 14.7. The van der Waals surface area contributed by atoms with E-state index in [1.165, 1.54) is 24.3 Å². The number of halogens is 4. The van der Waals surface area contributed by atoms with Gasteiger partial charge in [-0.15, -0.1) is 0 Å². The first-order valence-electron chi connectivity index (χ1n) is 9.56. The highest BCUT2D eigenvalue weighted by atomic mass is 19.4. The molecule has 0 bridgehead atoms. The third-order valence-electron chi connectivity index (χ3n) is 5.27. The number of alkyl halides is 3. The standard InChI is InChI=1S/C21H19F4N3O3/c22-16-3-1-12(5-15(16)20-7-13(20)9-30-10-19(26)28-20)6-18(29)17-4-2-14(8-27-17)31-11-21(23,24)25/h1-5,8,13H,6-7,9-11H2,(H2,26,28)/t13-,20-/m0/s1. The first-order valence-corrected chi connectivity index (χ1v) is 9.56. The summed E-state index contributed by atoms with van der Waals surface area (Å²) in [6.45, 7) is -0.813. The van der Waals surface area contributed by atoms with Gasteiger partial charge in [0, 0.05) is 17.9 Å². The maximum atomic E-state index is 14.6. The van der Waals surface area contributed by atoms with E-state index in [1.807, 2.05) is 0 Å². The number of ketones is 1. The lowest BCUT2D eigenvalue weighted by Crippen LogP contribution is -2.20. The summed E-state index contributed by atoms with van der Waals surface area (Å²) in [4.78, 5) is 20.9. The normalized spacial score (nSPS) is 22.8. The number of benzene rings is 1. The molecule has 2 aromatic rings. The Morgan fingerprint density at radius 2 is 2.10 bits per heavy atom. The van der Waals surface area contributed by atoms with E-state index in [9.17, 15) is 22.4 Å². The van der Waals surface area contributed by atoms with Gasteiger partial charge in [0.25, 0.3) is 0 Å². The highest BCUT2D eigenvalue weighted by Crippen LogP contribution is 2.57. The molecular formula is C21H19F4N3O3. The van der Waals surface area contributed by atoms with E-state index in [-0.39, 0.29) is 36.2 Å². The van der Waals surface area contributed by atoms with Crippen molar-refractivity contribution in [3.8, 4) is 5.75 Å². The molecule has 31 heavy (non-hydrogen) atoms. The number of carbonyl (C=O) groups excluding carboxylic acids is 1. The van der Waals surface area contributed by atoms with Crippen LogP contribution < -0.4 is 10.5 Å². The summed E-state index contributed by atoms with van der Waals surface area (Å²) in [5.74, 6) is -0.556. The predicted molar refractivity (Wildman–Crippen MR) is 102 cm³/mol. The molecule has 0 radical (unpaired) electrons. The minimum absolute atomic E-state index is 0.0277. The van der Waals surface area contributed by atoms with Crippen LogP contribution in [0.2, 0.25) is 0 Å². The van der Waals surface area contributed by atoms with Gasteiger partial charge in [-0.3, -0.25) is 9.79 Å². The number of rotatable bonds is 6. The van der Waals surface area contributed by atoms with Gasteiger partial charge >= 0.3 is 6.18 Å². The Bertz CT molecular complexity index is 1020. The lowest BCUT2D eigenvalue weighted by molar-refractivity contribution is -0.153. The maximum absolute atomic E-state index is 14.6. The minimum atomic E-state index is -4.47. The van der Waals surface area contributed by atoms with Gasteiger partial charge in [-0.2, -0.15) is 13.2 Å². The van der Waals surface area contributed by atoms with Crippen LogP contribution in [0, 0.1) is 11.7 Å². The molecule has 2 aliphatic rings.